The number of phenolic OH excluding ortho intramolecular Hbond substituents is 1. The monoisotopic (exact) mass is 252 g/mol. The summed E-state index contributed by atoms with van der Waals surface area (Å²) >= 11 is 5.97. The van der Waals surface area contributed by atoms with Crippen molar-refractivity contribution in [2.75, 3.05) is 0 Å². The van der Waals surface area contributed by atoms with Gasteiger partial charge in [-0.25, -0.2) is 4.79 Å². The smallest absolute Gasteiger partial charge is 0.355 e. The fourth-order valence-electron chi connectivity index (χ4n) is 1.92. The summed E-state index contributed by atoms with van der Waals surface area (Å²) in [4.78, 5) is 11.6. The third kappa shape index (κ3) is 1.91. The Morgan fingerprint density at radius 3 is 2.76 bits per heavy atom. The van der Waals surface area contributed by atoms with Gasteiger partial charge in [-0.3, -0.25) is 0 Å². The van der Waals surface area contributed by atoms with Crippen molar-refractivity contribution in [3.63, 3.8) is 0 Å². The number of fused-ring (bicyclic) bond motifs is 1. The summed E-state index contributed by atoms with van der Waals surface area (Å²) < 4.78 is 5.14. The lowest BCUT2D eigenvalue weighted by molar-refractivity contribution is 0.468. The predicted octanol–water partition coefficient (Wildman–Crippen LogP) is 3.41. The van der Waals surface area contributed by atoms with E-state index in [9.17, 15) is 9.90 Å². The van der Waals surface area contributed by atoms with Crippen LogP contribution in [0.1, 0.15) is 24.5 Å². The number of aromatic hydroxyl groups is 1. The summed E-state index contributed by atoms with van der Waals surface area (Å²) in [6.07, 6.45) is 1.60. The highest BCUT2D eigenvalue weighted by Gasteiger charge is 2.14. The standard InChI is InChI=1S/C13H13ClO3/c1-3-4-8-9-5-6-10(15)7(2)12(9)17-13(16)11(8)14/h5-6,15H,3-4H2,1-2H3. The first-order chi connectivity index (χ1) is 8.06. The fraction of sp³-hybridized carbons (Fsp3) is 0.308. The highest BCUT2D eigenvalue weighted by molar-refractivity contribution is 6.31. The highest BCUT2D eigenvalue weighted by Crippen LogP contribution is 2.30. The van der Waals surface area contributed by atoms with E-state index in [1.807, 2.05) is 6.92 Å². The molecule has 1 aromatic heterocycles. The van der Waals surface area contributed by atoms with E-state index in [1.165, 1.54) is 0 Å². The molecule has 3 nitrogen and oxygen atoms in total. The normalized spacial score (nSPS) is 11.0. The molecule has 17 heavy (non-hydrogen) atoms. The van der Waals surface area contributed by atoms with Crippen LogP contribution in [0.2, 0.25) is 5.02 Å². The van der Waals surface area contributed by atoms with Crippen LogP contribution < -0.4 is 5.63 Å². The molecule has 0 bridgehead atoms. The number of halogens is 1. The molecule has 1 heterocycles. The maximum Gasteiger partial charge on any atom is 0.355 e. The second kappa shape index (κ2) is 4.41. The minimum absolute atomic E-state index is 0.116. The van der Waals surface area contributed by atoms with E-state index in [0.717, 1.165) is 17.4 Å². The van der Waals surface area contributed by atoms with E-state index in [4.69, 9.17) is 16.0 Å². The summed E-state index contributed by atoms with van der Waals surface area (Å²) in [7, 11) is 0. The molecule has 0 radical (unpaired) electrons. The molecule has 2 rings (SSSR count). The van der Waals surface area contributed by atoms with Gasteiger partial charge >= 0.3 is 5.63 Å². The van der Waals surface area contributed by atoms with Crippen LogP contribution in [0.15, 0.2) is 21.3 Å². The van der Waals surface area contributed by atoms with E-state index in [-0.39, 0.29) is 10.8 Å². The van der Waals surface area contributed by atoms with Gasteiger partial charge in [-0.1, -0.05) is 24.9 Å². The number of benzene rings is 1. The van der Waals surface area contributed by atoms with Gasteiger partial charge in [0, 0.05) is 10.9 Å². The molecule has 0 aliphatic heterocycles. The zero-order chi connectivity index (χ0) is 12.6. The van der Waals surface area contributed by atoms with Crippen LogP contribution in [-0.2, 0) is 6.42 Å². The van der Waals surface area contributed by atoms with Crippen LogP contribution >= 0.6 is 11.6 Å². The highest BCUT2D eigenvalue weighted by atomic mass is 35.5. The third-order valence-electron chi connectivity index (χ3n) is 2.84. The molecule has 0 saturated heterocycles. The van der Waals surface area contributed by atoms with Crippen LogP contribution in [0.25, 0.3) is 11.0 Å². The van der Waals surface area contributed by atoms with Crippen molar-refractivity contribution in [2.45, 2.75) is 26.7 Å². The summed E-state index contributed by atoms with van der Waals surface area (Å²) in [5.74, 6) is 0.116. The van der Waals surface area contributed by atoms with E-state index in [0.29, 0.717) is 17.6 Å². The molecule has 0 aliphatic carbocycles. The minimum Gasteiger partial charge on any atom is -0.508 e. The maximum absolute atomic E-state index is 11.6. The van der Waals surface area contributed by atoms with Crippen molar-refractivity contribution in [1.29, 1.82) is 0 Å². The second-order valence-corrected chi connectivity index (χ2v) is 4.40. The molecule has 4 heteroatoms. The van der Waals surface area contributed by atoms with Crippen molar-refractivity contribution in [3.8, 4) is 5.75 Å². The van der Waals surface area contributed by atoms with Crippen LogP contribution in [0.3, 0.4) is 0 Å². The summed E-state index contributed by atoms with van der Waals surface area (Å²) in [5.41, 5.74) is 1.23. The SMILES string of the molecule is CCCc1c(Cl)c(=O)oc2c(C)c(O)ccc12. The van der Waals surface area contributed by atoms with Crippen LogP contribution in [0, 0.1) is 6.92 Å². The van der Waals surface area contributed by atoms with Gasteiger partial charge in [0.25, 0.3) is 0 Å². The number of aryl methyl sites for hydroxylation is 2. The van der Waals surface area contributed by atoms with Gasteiger partial charge in [0.05, 0.1) is 0 Å². The first-order valence-electron chi connectivity index (χ1n) is 5.50. The number of phenols is 1. The average molecular weight is 253 g/mol. The number of hydrogen-bond donors (Lipinski definition) is 1. The maximum atomic E-state index is 11.6. The van der Waals surface area contributed by atoms with Gasteiger partial charge in [0.2, 0.25) is 0 Å². The lowest BCUT2D eigenvalue weighted by atomic mass is 10.0. The van der Waals surface area contributed by atoms with Crippen LogP contribution in [0.4, 0.5) is 0 Å². The van der Waals surface area contributed by atoms with Gasteiger partial charge in [0.1, 0.15) is 16.4 Å². The summed E-state index contributed by atoms with van der Waals surface area (Å²) in [6, 6.07) is 3.32. The average Bonchev–Trinajstić information content (AvgIpc) is 2.31. The molecular formula is C13H13ClO3. The summed E-state index contributed by atoms with van der Waals surface area (Å²) in [5, 5.41) is 10.5. The van der Waals surface area contributed by atoms with E-state index in [1.54, 1.807) is 19.1 Å². The van der Waals surface area contributed by atoms with E-state index in [2.05, 4.69) is 0 Å². The van der Waals surface area contributed by atoms with E-state index < -0.39 is 5.63 Å². The van der Waals surface area contributed by atoms with Gasteiger partial charge in [0.15, 0.2) is 0 Å². The Hall–Kier alpha value is -1.48. The second-order valence-electron chi connectivity index (χ2n) is 4.02. The Bertz CT molecular complexity index is 629. The number of hydrogen-bond acceptors (Lipinski definition) is 3. The van der Waals surface area contributed by atoms with Crippen molar-refractivity contribution < 1.29 is 9.52 Å². The van der Waals surface area contributed by atoms with Gasteiger partial charge in [-0.15, -0.1) is 0 Å². The molecule has 1 N–H and O–H groups in total. The first kappa shape index (κ1) is 12.0. The zero-order valence-electron chi connectivity index (χ0n) is 9.71. The Kier molecular flexibility index (Phi) is 3.11. The molecule has 0 saturated carbocycles. The van der Waals surface area contributed by atoms with Crippen molar-refractivity contribution in [3.05, 3.63) is 38.7 Å². The third-order valence-corrected chi connectivity index (χ3v) is 3.22. The number of rotatable bonds is 2. The van der Waals surface area contributed by atoms with E-state index >= 15 is 0 Å². The predicted molar refractivity (Wildman–Crippen MR) is 67.9 cm³/mol. The summed E-state index contributed by atoms with van der Waals surface area (Å²) in [6.45, 7) is 3.73. The van der Waals surface area contributed by atoms with Crippen molar-refractivity contribution in [1.82, 2.24) is 0 Å². The Balaban J connectivity index is 2.91. The van der Waals surface area contributed by atoms with Gasteiger partial charge in [-0.05, 0) is 31.0 Å². The molecule has 90 valence electrons. The molecule has 0 amide bonds. The molecule has 0 spiro atoms. The van der Waals surface area contributed by atoms with Crippen molar-refractivity contribution in [2.24, 2.45) is 0 Å². The Morgan fingerprint density at radius 1 is 1.41 bits per heavy atom. The molecule has 2 aromatic rings. The molecule has 0 atom stereocenters. The van der Waals surface area contributed by atoms with Crippen LogP contribution in [0.5, 0.6) is 5.75 Å². The van der Waals surface area contributed by atoms with Gasteiger partial charge < -0.3 is 9.52 Å². The molecule has 0 fully saturated rings. The minimum atomic E-state index is -0.545. The lowest BCUT2D eigenvalue weighted by Gasteiger charge is -2.09. The Labute approximate surface area is 104 Å². The Morgan fingerprint density at radius 2 is 2.12 bits per heavy atom. The lowest BCUT2D eigenvalue weighted by Crippen LogP contribution is -2.05. The largest absolute Gasteiger partial charge is 0.508 e. The zero-order valence-corrected chi connectivity index (χ0v) is 10.5. The topological polar surface area (TPSA) is 50.4 Å². The van der Waals surface area contributed by atoms with Gasteiger partial charge in [-0.2, -0.15) is 0 Å². The fourth-order valence-corrected chi connectivity index (χ4v) is 2.16. The van der Waals surface area contributed by atoms with Crippen LogP contribution in [-0.4, -0.2) is 5.11 Å². The molecular weight excluding hydrogens is 240 g/mol. The molecule has 1 aromatic carbocycles. The van der Waals surface area contributed by atoms with Crippen molar-refractivity contribution >= 4 is 22.6 Å². The molecule has 0 aliphatic rings. The molecule has 0 unspecified atom stereocenters. The quantitative estimate of drug-likeness (QED) is 0.834. The first-order valence-corrected chi connectivity index (χ1v) is 5.87.